The van der Waals surface area contributed by atoms with Crippen LogP contribution in [0.2, 0.25) is 0 Å². The summed E-state index contributed by atoms with van der Waals surface area (Å²) >= 11 is 0. The van der Waals surface area contributed by atoms with E-state index in [1.807, 2.05) is 13.0 Å². The van der Waals surface area contributed by atoms with Crippen LogP contribution in [0.1, 0.15) is 15.9 Å². The number of methoxy groups -OCH3 is 1. The molecule has 5 heteroatoms. The molecule has 0 aliphatic rings. The molecule has 0 aliphatic heterocycles. The lowest BCUT2D eigenvalue weighted by Gasteiger charge is -2.08. The van der Waals surface area contributed by atoms with Gasteiger partial charge in [-0.25, -0.2) is 4.79 Å². The van der Waals surface area contributed by atoms with Gasteiger partial charge in [-0.15, -0.1) is 0 Å². The van der Waals surface area contributed by atoms with Gasteiger partial charge >= 0.3 is 5.97 Å². The van der Waals surface area contributed by atoms with Crippen molar-refractivity contribution in [2.75, 3.05) is 19.0 Å². The van der Waals surface area contributed by atoms with Crippen molar-refractivity contribution in [3.63, 3.8) is 0 Å². The zero-order valence-corrected chi connectivity index (χ0v) is 12.5. The minimum absolute atomic E-state index is 0.343. The van der Waals surface area contributed by atoms with Crippen LogP contribution in [0.4, 0.5) is 5.69 Å². The summed E-state index contributed by atoms with van der Waals surface area (Å²) in [6, 6.07) is 13.9. The van der Waals surface area contributed by atoms with Gasteiger partial charge in [0.1, 0.15) is 5.75 Å². The molecular weight excluding hydrogens is 282 g/mol. The number of amides is 1. The number of hydrogen-bond acceptors (Lipinski definition) is 4. The summed E-state index contributed by atoms with van der Waals surface area (Å²) in [5, 5.41) is 2.64. The maximum atomic E-state index is 11.8. The Morgan fingerprint density at radius 2 is 1.86 bits per heavy atom. The second-order valence-electron chi connectivity index (χ2n) is 4.73. The number of nitrogens with one attached hydrogen (secondary N) is 1. The maximum absolute atomic E-state index is 11.8. The van der Waals surface area contributed by atoms with Gasteiger partial charge in [-0.2, -0.15) is 0 Å². The molecule has 0 spiro atoms. The Morgan fingerprint density at radius 1 is 1.09 bits per heavy atom. The first-order valence-electron chi connectivity index (χ1n) is 6.76. The van der Waals surface area contributed by atoms with Gasteiger partial charge in [-0.3, -0.25) is 4.79 Å². The predicted octanol–water partition coefficient (Wildman–Crippen LogP) is 2.80. The van der Waals surface area contributed by atoms with Crippen molar-refractivity contribution in [3.8, 4) is 5.75 Å². The highest BCUT2D eigenvalue weighted by Crippen LogP contribution is 2.16. The lowest BCUT2D eigenvalue weighted by atomic mass is 10.1. The summed E-state index contributed by atoms with van der Waals surface area (Å²) in [6.07, 6.45) is 0. The number of aryl methyl sites for hydroxylation is 1. The Balaban J connectivity index is 1.88. The molecule has 22 heavy (non-hydrogen) atoms. The van der Waals surface area contributed by atoms with E-state index in [9.17, 15) is 9.59 Å². The van der Waals surface area contributed by atoms with E-state index in [1.54, 1.807) is 49.6 Å². The van der Waals surface area contributed by atoms with Gasteiger partial charge in [-0.05, 0) is 31.2 Å². The van der Waals surface area contributed by atoms with Crippen molar-refractivity contribution in [1.29, 1.82) is 0 Å². The summed E-state index contributed by atoms with van der Waals surface area (Å²) in [6.45, 7) is 1.54. The number of ether oxygens (including phenoxy) is 2. The molecule has 0 aromatic heterocycles. The molecule has 0 fully saturated rings. The minimum Gasteiger partial charge on any atom is -0.497 e. The van der Waals surface area contributed by atoms with Crippen molar-refractivity contribution in [3.05, 3.63) is 59.7 Å². The predicted molar refractivity (Wildman–Crippen MR) is 83.1 cm³/mol. The van der Waals surface area contributed by atoms with Crippen LogP contribution < -0.4 is 10.1 Å². The lowest BCUT2D eigenvalue weighted by Crippen LogP contribution is -2.20. The summed E-state index contributed by atoms with van der Waals surface area (Å²) < 4.78 is 10.1. The Bertz CT molecular complexity index is 682. The van der Waals surface area contributed by atoms with Gasteiger partial charge in [0, 0.05) is 11.8 Å². The van der Waals surface area contributed by atoms with Crippen LogP contribution in [-0.4, -0.2) is 25.6 Å². The van der Waals surface area contributed by atoms with Crippen LogP contribution in [-0.2, 0) is 9.53 Å². The smallest absolute Gasteiger partial charge is 0.338 e. The summed E-state index contributed by atoms with van der Waals surface area (Å²) in [7, 11) is 1.55. The molecule has 0 bridgehead atoms. The average molecular weight is 299 g/mol. The van der Waals surface area contributed by atoms with Crippen LogP contribution in [0.5, 0.6) is 5.75 Å². The van der Waals surface area contributed by atoms with E-state index < -0.39 is 11.9 Å². The number of hydrogen-bond donors (Lipinski definition) is 1. The van der Waals surface area contributed by atoms with Gasteiger partial charge in [0.15, 0.2) is 6.61 Å². The molecular formula is C17H17NO4. The molecule has 114 valence electrons. The number of carbonyl (C=O) groups excluding carboxylic acids is 2. The molecule has 0 atom stereocenters. The molecule has 2 aromatic carbocycles. The normalized spacial score (nSPS) is 9.91. The Morgan fingerprint density at radius 3 is 2.59 bits per heavy atom. The van der Waals surface area contributed by atoms with E-state index in [-0.39, 0.29) is 6.61 Å². The van der Waals surface area contributed by atoms with Crippen molar-refractivity contribution < 1.29 is 19.1 Å². The zero-order chi connectivity index (χ0) is 15.9. The summed E-state index contributed by atoms with van der Waals surface area (Å²) in [4.78, 5) is 23.6. The third kappa shape index (κ3) is 4.34. The first-order valence-corrected chi connectivity index (χ1v) is 6.76. The lowest BCUT2D eigenvalue weighted by molar-refractivity contribution is -0.119. The van der Waals surface area contributed by atoms with Gasteiger partial charge in [0.05, 0.1) is 12.7 Å². The zero-order valence-electron chi connectivity index (χ0n) is 12.5. The van der Waals surface area contributed by atoms with E-state index in [0.717, 1.165) is 5.56 Å². The molecule has 2 aromatic rings. The Kier molecular flexibility index (Phi) is 5.14. The van der Waals surface area contributed by atoms with Crippen LogP contribution in [0.15, 0.2) is 48.5 Å². The fourth-order valence-corrected chi connectivity index (χ4v) is 1.88. The van der Waals surface area contributed by atoms with Crippen LogP contribution >= 0.6 is 0 Å². The standard InChI is InChI=1S/C17H17NO4/c1-12-5-3-6-13(9-12)17(20)22-11-16(19)18-14-7-4-8-15(10-14)21-2/h3-10H,11H2,1-2H3,(H,18,19). The van der Waals surface area contributed by atoms with Crippen LogP contribution in [0.25, 0.3) is 0 Å². The molecule has 0 saturated heterocycles. The largest absolute Gasteiger partial charge is 0.497 e. The van der Waals surface area contributed by atoms with Gasteiger partial charge in [0.2, 0.25) is 0 Å². The van der Waals surface area contributed by atoms with E-state index >= 15 is 0 Å². The second-order valence-corrected chi connectivity index (χ2v) is 4.73. The summed E-state index contributed by atoms with van der Waals surface area (Å²) in [5.74, 6) is -0.298. The van der Waals surface area contributed by atoms with E-state index in [2.05, 4.69) is 5.32 Å². The van der Waals surface area contributed by atoms with Crippen molar-refractivity contribution in [2.24, 2.45) is 0 Å². The molecule has 2 rings (SSSR count). The molecule has 0 unspecified atom stereocenters. The Hall–Kier alpha value is -2.82. The fraction of sp³-hybridized carbons (Fsp3) is 0.176. The highest BCUT2D eigenvalue weighted by Gasteiger charge is 2.10. The van der Waals surface area contributed by atoms with Crippen molar-refractivity contribution >= 4 is 17.6 Å². The maximum Gasteiger partial charge on any atom is 0.338 e. The fourth-order valence-electron chi connectivity index (χ4n) is 1.88. The first kappa shape index (κ1) is 15.6. The monoisotopic (exact) mass is 299 g/mol. The highest BCUT2D eigenvalue weighted by molar-refractivity contribution is 5.95. The minimum atomic E-state index is -0.524. The van der Waals surface area contributed by atoms with Crippen LogP contribution in [0, 0.1) is 6.92 Å². The average Bonchev–Trinajstić information content (AvgIpc) is 2.52. The molecule has 0 saturated carbocycles. The second kappa shape index (κ2) is 7.26. The number of benzene rings is 2. The molecule has 0 radical (unpaired) electrons. The van der Waals surface area contributed by atoms with E-state index in [1.165, 1.54) is 0 Å². The molecule has 1 N–H and O–H groups in total. The van der Waals surface area contributed by atoms with E-state index in [4.69, 9.17) is 9.47 Å². The quantitative estimate of drug-likeness (QED) is 0.862. The molecule has 1 amide bonds. The number of esters is 1. The SMILES string of the molecule is COc1cccc(NC(=O)COC(=O)c2cccc(C)c2)c1. The first-order chi connectivity index (χ1) is 10.6. The molecule has 0 aliphatic carbocycles. The number of rotatable bonds is 5. The van der Waals surface area contributed by atoms with Crippen molar-refractivity contribution in [1.82, 2.24) is 0 Å². The summed E-state index contributed by atoms with van der Waals surface area (Å²) in [5.41, 5.74) is 1.96. The number of anilines is 1. The molecule has 5 nitrogen and oxygen atoms in total. The topological polar surface area (TPSA) is 64.6 Å². The highest BCUT2D eigenvalue weighted by atomic mass is 16.5. The number of carbonyl (C=O) groups is 2. The van der Waals surface area contributed by atoms with Gasteiger partial charge in [0.25, 0.3) is 5.91 Å². The van der Waals surface area contributed by atoms with Crippen molar-refractivity contribution in [2.45, 2.75) is 6.92 Å². The van der Waals surface area contributed by atoms with Gasteiger partial charge < -0.3 is 14.8 Å². The van der Waals surface area contributed by atoms with Crippen LogP contribution in [0.3, 0.4) is 0 Å². The van der Waals surface area contributed by atoms with E-state index in [0.29, 0.717) is 17.0 Å². The van der Waals surface area contributed by atoms with Gasteiger partial charge in [-0.1, -0.05) is 23.8 Å². The molecule has 0 heterocycles. The third-order valence-corrected chi connectivity index (χ3v) is 2.94. The third-order valence-electron chi connectivity index (χ3n) is 2.94. The Labute approximate surface area is 128 Å².